The lowest BCUT2D eigenvalue weighted by atomic mass is 9.92. The van der Waals surface area contributed by atoms with Crippen LogP contribution in [0.4, 0.5) is 0 Å². The van der Waals surface area contributed by atoms with E-state index < -0.39 is 0 Å². The number of aryl methyl sites for hydroxylation is 1. The van der Waals surface area contributed by atoms with Crippen LogP contribution in [0, 0.1) is 0 Å². The molecule has 0 bridgehead atoms. The molecule has 1 aromatic rings. The first-order valence-corrected chi connectivity index (χ1v) is 6.15. The van der Waals surface area contributed by atoms with Crippen LogP contribution in [0.2, 0.25) is 0 Å². The molecule has 1 aliphatic carbocycles. The monoisotopic (exact) mass is 219 g/mol. The fourth-order valence-electron chi connectivity index (χ4n) is 2.23. The SMILES string of the molecule is CNC(C)CNC1CCCc2cccnc21. The van der Waals surface area contributed by atoms with Crippen molar-refractivity contribution in [1.29, 1.82) is 0 Å². The zero-order valence-electron chi connectivity index (χ0n) is 10.2. The smallest absolute Gasteiger partial charge is 0.0605 e. The Morgan fingerprint density at radius 3 is 3.25 bits per heavy atom. The third-order valence-electron chi connectivity index (χ3n) is 3.36. The first-order valence-electron chi connectivity index (χ1n) is 6.15. The maximum atomic E-state index is 4.52. The number of rotatable bonds is 4. The Labute approximate surface area is 97.7 Å². The summed E-state index contributed by atoms with van der Waals surface area (Å²) in [7, 11) is 2.00. The molecule has 2 unspecified atom stereocenters. The van der Waals surface area contributed by atoms with Crippen LogP contribution < -0.4 is 10.6 Å². The van der Waals surface area contributed by atoms with E-state index in [1.807, 2.05) is 19.3 Å². The van der Waals surface area contributed by atoms with Crippen molar-refractivity contribution >= 4 is 0 Å². The third-order valence-corrected chi connectivity index (χ3v) is 3.36. The van der Waals surface area contributed by atoms with Crippen molar-refractivity contribution in [3.8, 4) is 0 Å². The summed E-state index contributed by atoms with van der Waals surface area (Å²) < 4.78 is 0. The first-order chi connectivity index (χ1) is 7.81. The summed E-state index contributed by atoms with van der Waals surface area (Å²) in [4.78, 5) is 4.52. The van der Waals surface area contributed by atoms with E-state index in [2.05, 4.69) is 28.6 Å². The Balaban J connectivity index is 2.01. The van der Waals surface area contributed by atoms with Gasteiger partial charge in [-0.2, -0.15) is 0 Å². The summed E-state index contributed by atoms with van der Waals surface area (Å²) in [6.07, 6.45) is 5.56. The van der Waals surface area contributed by atoms with Crippen LogP contribution in [0.3, 0.4) is 0 Å². The highest BCUT2D eigenvalue weighted by atomic mass is 15.0. The van der Waals surface area contributed by atoms with Gasteiger partial charge in [0.15, 0.2) is 0 Å². The minimum atomic E-state index is 0.445. The normalized spacial score (nSPS) is 21.5. The number of likely N-dealkylation sites (N-methyl/N-ethyl adjacent to an activating group) is 1. The minimum absolute atomic E-state index is 0.445. The molecule has 0 fully saturated rings. The highest BCUT2D eigenvalue weighted by molar-refractivity contribution is 5.25. The summed E-state index contributed by atoms with van der Waals surface area (Å²) in [6.45, 7) is 3.19. The fraction of sp³-hybridized carbons (Fsp3) is 0.615. The summed E-state index contributed by atoms with van der Waals surface area (Å²) in [5.74, 6) is 0. The van der Waals surface area contributed by atoms with E-state index >= 15 is 0 Å². The zero-order chi connectivity index (χ0) is 11.4. The van der Waals surface area contributed by atoms with Gasteiger partial charge in [0.2, 0.25) is 0 Å². The van der Waals surface area contributed by atoms with Gasteiger partial charge in [0.1, 0.15) is 0 Å². The maximum absolute atomic E-state index is 4.52. The second-order valence-corrected chi connectivity index (χ2v) is 4.59. The van der Waals surface area contributed by atoms with Crippen molar-refractivity contribution in [3.05, 3.63) is 29.6 Å². The van der Waals surface area contributed by atoms with E-state index in [0.717, 1.165) is 6.54 Å². The summed E-state index contributed by atoms with van der Waals surface area (Å²) in [5, 5.41) is 6.85. The summed E-state index contributed by atoms with van der Waals surface area (Å²) >= 11 is 0. The van der Waals surface area contributed by atoms with Gasteiger partial charge in [-0.15, -0.1) is 0 Å². The molecule has 0 saturated carbocycles. The van der Waals surface area contributed by atoms with E-state index in [1.165, 1.54) is 30.5 Å². The fourth-order valence-corrected chi connectivity index (χ4v) is 2.23. The second kappa shape index (κ2) is 5.41. The predicted octanol–water partition coefficient (Wildman–Crippen LogP) is 1.66. The lowest BCUT2D eigenvalue weighted by Gasteiger charge is -2.26. The van der Waals surface area contributed by atoms with Crippen LogP contribution in [-0.2, 0) is 6.42 Å². The first kappa shape index (κ1) is 11.6. The van der Waals surface area contributed by atoms with Crippen molar-refractivity contribution in [2.24, 2.45) is 0 Å². The van der Waals surface area contributed by atoms with Gasteiger partial charge in [0, 0.05) is 24.8 Å². The molecule has 2 rings (SSSR count). The van der Waals surface area contributed by atoms with Crippen molar-refractivity contribution in [1.82, 2.24) is 15.6 Å². The van der Waals surface area contributed by atoms with Crippen LogP contribution in [0.1, 0.15) is 37.1 Å². The molecule has 3 nitrogen and oxygen atoms in total. The highest BCUT2D eigenvalue weighted by Crippen LogP contribution is 2.27. The largest absolute Gasteiger partial charge is 0.316 e. The summed E-state index contributed by atoms with van der Waals surface area (Å²) in [5.41, 5.74) is 2.68. The molecule has 0 aromatic carbocycles. The predicted molar refractivity (Wildman–Crippen MR) is 66.4 cm³/mol. The molecule has 0 spiro atoms. The van der Waals surface area contributed by atoms with Gasteiger partial charge in [0.25, 0.3) is 0 Å². The Kier molecular flexibility index (Phi) is 3.91. The van der Waals surface area contributed by atoms with E-state index in [4.69, 9.17) is 0 Å². The van der Waals surface area contributed by atoms with Gasteiger partial charge in [-0.25, -0.2) is 0 Å². The molecule has 1 aromatic heterocycles. The molecule has 2 atom stereocenters. The lowest BCUT2D eigenvalue weighted by Crippen LogP contribution is -2.37. The van der Waals surface area contributed by atoms with E-state index in [1.54, 1.807) is 0 Å². The average Bonchev–Trinajstić information content (AvgIpc) is 2.35. The zero-order valence-corrected chi connectivity index (χ0v) is 10.2. The standard InChI is InChI=1S/C13H21N3/c1-10(14-2)9-16-12-7-3-5-11-6-4-8-15-13(11)12/h4,6,8,10,12,14,16H,3,5,7,9H2,1-2H3. The second-order valence-electron chi connectivity index (χ2n) is 4.59. The van der Waals surface area contributed by atoms with Gasteiger partial charge in [0.05, 0.1) is 5.69 Å². The molecule has 1 heterocycles. The Morgan fingerprint density at radius 2 is 2.44 bits per heavy atom. The van der Waals surface area contributed by atoms with Crippen molar-refractivity contribution < 1.29 is 0 Å². The molecule has 88 valence electrons. The molecule has 1 aliphatic rings. The number of pyridine rings is 1. The maximum Gasteiger partial charge on any atom is 0.0605 e. The van der Waals surface area contributed by atoms with Gasteiger partial charge < -0.3 is 10.6 Å². The lowest BCUT2D eigenvalue weighted by molar-refractivity contribution is 0.420. The Bertz CT molecular complexity index is 338. The quantitative estimate of drug-likeness (QED) is 0.808. The molecular weight excluding hydrogens is 198 g/mol. The molecule has 3 heteroatoms. The van der Waals surface area contributed by atoms with Gasteiger partial charge in [-0.1, -0.05) is 6.07 Å². The average molecular weight is 219 g/mol. The van der Waals surface area contributed by atoms with Crippen LogP contribution >= 0.6 is 0 Å². The van der Waals surface area contributed by atoms with E-state index in [9.17, 15) is 0 Å². The molecule has 0 saturated heterocycles. The highest BCUT2D eigenvalue weighted by Gasteiger charge is 2.20. The Morgan fingerprint density at radius 1 is 1.56 bits per heavy atom. The number of hydrogen-bond donors (Lipinski definition) is 2. The van der Waals surface area contributed by atoms with Crippen molar-refractivity contribution in [2.45, 2.75) is 38.3 Å². The van der Waals surface area contributed by atoms with Crippen LogP contribution in [0.5, 0.6) is 0 Å². The number of fused-ring (bicyclic) bond motifs is 1. The van der Waals surface area contributed by atoms with Crippen LogP contribution in [0.15, 0.2) is 18.3 Å². The summed E-state index contributed by atoms with van der Waals surface area (Å²) in [6, 6.07) is 5.20. The third kappa shape index (κ3) is 2.60. The topological polar surface area (TPSA) is 37.0 Å². The molecule has 2 N–H and O–H groups in total. The Hall–Kier alpha value is -0.930. The van der Waals surface area contributed by atoms with Crippen LogP contribution in [-0.4, -0.2) is 24.6 Å². The van der Waals surface area contributed by atoms with Gasteiger partial charge in [-0.05, 0) is 44.9 Å². The molecule has 16 heavy (non-hydrogen) atoms. The van der Waals surface area contributed by atoms with Crippen molar-refractivity contribution in [3.63, 3.8) is 0 Å². The number of nitrogens with one attached hydrogen (secondary N) is 2. The molecular formula is C13H21N3. The number of hydrogen-bond acceptors (Lipinski definition) is 3. The van der Waals surface area contributed by atoms with E-state index in [0.29, 0.717) is 12.1 Å². The molecule has 0 radical (unpaired) electrons. The van der Waals surface area contributed by atoms with E-state index in [-0.39, 0.29) is 0 Å². The molecule has 0 aliphatic heterocycles. The number of aromatic nitrogens is 1. The minimum Gasteiger partial charge on any atom is -0.316 e. The van der Waals surface area contributed by atoms with Crippen molar-refractivity contribution in [2.75, 3.05) is 13.6 Å². The number of nitrogens with zero attached hydrogens (tertiary/aromatic N) is 1. The van der Waals surface area contributed by atoms with Crippen LogP contribution in [0.25, 0.3) is 0 Å². The van der Waals surface area contributed by atoms with Gasteiger partial charge in [-0.3, -0.25) is 4.98 Å². The molecule has 0 amide bonds. The van der Waals surface area contributed by atoms with Gasteiger partial charge >= 0.3 is 0 Å².